The standard InChI is InChI=1S/C11H22O2P/c1-5-6-9-13-14(12)11(4)8-7-10(2)3/h10H,4-9H2,1-3H3/q+1. The molecule has 0 aliphatic rings. The quantitative estimate of drug-likeness (QED) is 0.442. The van der Waals surface area contributed by atoms with Crippen LogP contribution in [0.15, 0.2) is 11.9 Å². The molecular formula is C11H22O2P+. The van der Waals surface area contributed by atoms with E-state index in [-0.39, 0.29) is 0 Å². The molecule has 0 heterocycles. The van der Waals surface area contributed by atoms with Gasteiger partial charge in [-0.15, -0.1) is 4.52 Å². The summed E-state index contributed by atoms with van der Waals surface area (Å²) in [6.07, 6.45) is 3.90. The molecule has 1 unspecified atom stereocenters. The smallest absolute Gasteiger partial charge is 0.142 e. The Kier molecular flexibility index (Phi) is 8.02. The summed E-state index contributed by atoms with van der Waals surface area (Å²) < 4.78 is 16.6. The van der Waals surface area contributed by atoms with Gasteiger partial charge in [-0.25, -0.2) is 0 Å². The van der Waals surface area contributed by atoms with Crippen molar-refractivity contribution in [2.75, 3.05) is 6.61 Å². The van der Waals surface area contributed by atoms with Gasteiger partial charge in [-0.05, 0) is 29.9 Å². The number of hydrogen-bond donors (Lipinski definition) is 0. The normalized spacial score (nSPS) is 11.9. The Morgan fingerprint density at radius 1 is 1.50 bits per heavy atom. The van der Waals surface area contributed by atoms with Gasteiger partial charge in [-0.3, -0.25) is 0 Å². The highest BCUT2D eigenvalue weighted by Crippen LogP contribution is 2.35. The van der Waals surface area contributed by atoms with Gasteiger partial charge < -0.3 is 0 Å². The van der Waals surface area contributed by atoms with Gasteiger partial charge in [-0.2, -0.15) is 0 Å². The van der Waals surface area contributed by atoms with Crippen molar-refractivity contribution in [1.82, 2.24) is 0 Å². The van der Waals surface area contributed by atoms with Crippen LogP contribution in [-0.4, -0.2) is 6.61 Å². The summed E-state index contributed by atoms with van der Waals surface area (Å²) in [5, 5.41) is 0.754. The summed E-state index contributed by atoms with van der Waals surface area (Å²) >= 11 is 0. The molecule has 0 radical (unpaired) electrons. The highest BCUT2D eigenvalue weighted by molar-refractivity contribution is 7.44. The van der Waals surface area contributed by atoms with E-state index in [1.807, 2.05) is 0 Å². The van der Waals surface area contributed by atoms with Crippen LogP contribution < -0.4 is 0 Å². The minimum absolute atomic E-state index is 0.590. The van der Waals surface area contributed by atoms with Crippen molar-refractivity contribution in [3.63, 3.8) is 0 Å². The van der Waals surface area contributed by atoms with Gasteiger partial charge in [0.25, 0.3) is 0 Å². The molecule has 0 N–H and O–H groups in total. The fourth-order valence-electron chi connectivity index (χ4n) is 0.930. The molecule has 0 spiro atoms. The van der Waals surface area contributed by atoms with Gasteiger partial charge in [-0.1, -0.05) is 27.2 Å². The Bertz CT molecular complexity index is 188. The zero-order valence-corrected chi connectivity index (χ0v) is 10.5. The fraction of sp³-hybridized carbons (Fsp3) is 0.818. The van der Waals surface area contributed by atoms with Crippen molar-refractivity contribution in [1.29, 1.82) is 0 Å². The van der Waals surface area contributed by atoms with Crippen LogP contribution in [0.2, 0.25) is 0 Å². The lowest BCUT2D eigenvalue weighted by Gasteiger charge is -1.99. The molecule has 0 aromatic rings. The van der Waals surface area contributed by atoms with Crippen molar-refractivity contribution in [3.8, 4) is 0 Å². The van der Waals surface area contributed by atoms with Crippen LogP contribution in [-0.2, 0) is 9.09 Å². The zero-order chi connectivity index (χ0) is 11.0. The molecule has 0 saturated heterocycles. The third kappa shape index (κ3) is 7.23. The van der Waals surface area contributed by atoms with Crippen LogP contribution in [0.5, 0.6) is 0 Å². The van der Waals surface area contributed by atoms with Crippen LogP contribution in [0.3, 0.4) is 0 Å². The van der Waals surface area contributed by atoms with Crippen LogP contribution in [0, 0.1) is 5.92 Å². The van der Waals surface area contributed by atoms with Crippen LogP contribution in [0.4, 0.5) is 0 Å². The maximum Gasteiger partial charge on any atom is 0.543 e. The Morgan fingerprint density at radius 2 is 2.14 bits per heavy atom. The number of hydrogen-bond acceptors (Lipinski definition) is 2. The minimum atomic E-state index is -1.63. The topological polar surface area (TPSA) is 26.3 Å². The van der Waals surface area contributed by atoms with E-state index in [2.05, 4.69) is 27.4 Å². The average Bonchev–Trinajstić information content (AvgIpc) is 2.14. The lowest BCUT2D eigenvalue weighted by atomic mass is 10.1. The van der Waals surface area contributed by atoms with E-state index in [4.69, 9.17) is 4.52 Å². The summed E-state index contributed by atoms with van der Waals surface area (Å²) in [5.74, 6) is 0.630. The molecule has 0 aliphatic heterocycles. The van der Waals surface area contributed by atoms with Crippen LogP contribution in [0.1, 0.15) is 46.5 Å². The molecule has 82 valence electrons. The second-order valence-corrected chi connectivity index (χ2v) is 5.35. The summed E-state index contributed by atoms with van der Waals surface area (Å²) in [4.78, 5) is 0. The molecule has 0 fully saturated rings. The molecule has 1 atom stereocenters. The molecule has 0 bridgehead atoms. The van der Waals surface area contributed by atoms with Crippen molar-refractivity contribution < 1.29 is 9.09 Å². The Balaban J connectivity index is 3.60. The van der Waals surface area contributed by atoms with Gasteiger partial charge in [0.15, 0.2) is 5.31 Å². The Hall–Kier alpha value is -0.200. The molecule has 0 rings (SSSR count). The first-order valence-corrected chi connectivity index (χ1v) is 6.53. The van der Waals surface area contributed by atoms with Gasteiger partial charge >= 0.3 is 8.03 Å². The Morgan fingerprint density at radius 3 is 2.64 bits per heavy atom. The molecule has 0 aromatic heterocycles. The summed E-state index contributed by atoms with van der Waals surface area (Å²) in [6, 6.07) is 0. The summed E-state index contributed by atoms with van der Waals surface area (Å²) in [5.41, 5.74) is 0. The molecule has 3 heteroatoms. The first-order valence-electron chi connectivity index (χ1n) is 5.35. The average molecular weight is 217 g/mol. The predicted molar refractivity (Wildman–Crippen MR) is 61.7 cm³/mol. The molecule has 0 aromatic carbocycles. The Labute approximate surface area is 88.6 Å². The lowest BCUT2D eigenvalue weighted by Crippen LogP contribution is -1.90. The molecule has 0 amide bonds. The van der Waals surface area contributed by atoms with Crippen molar-refractivity contribution >= 4 is 8.03 Å². The summed E-state index contributed by atoms with van der Waals surface area (Å²) in [6.45, 7) is 10.8. The van der Waals surface area contributed by atoms with Crippen molar-refractivity contribution in [2.45, 2.75) is 46.5 Å². The second kappa shape index (κ2) is 8.14. The van der Waals surface area contributed by atoms with E-state index in [0.29, 0.717) is 12.5 Å². The molecule has 0 saturated carbocycles. The van der Waals surface area contributed by atoms with Crippen LogP contribution in [0.25, 0.3) is 0 Å². The highest BCUT2D eigenvalue weighted by atomic mass is 31.1. The van der Waals surface area contributed by atoms with E-state index >= 15 is 0 Å². The second-order valence-electron chi connectivity index (χ2n) is 3.94. The van der Waals surface area contributed by atoms with Gasteiger partial charge in [0.1, 0.15) is 6.61 Å². The maximum atomic E-state index is 11.5. The number of rotatable bonds is 8. The number of unbranched alkanes of at least 4 members (excludes halogenated alkanes) is 1. The predicted octanol–water partition coefficient (Wildman–Crippen LogP) is 4.50. The van der Waals surface area contributed by atoms with E-state index in [0.717, 1.165) is 31.0 Å². The largest absolute Gasteiger partial charge is 0.543 e. The van der Waals surface area contributed by atoms with E-state index < -0.39 is 8.03 Å². The number of allylic oxidation sites excluding steroid dienone is 1. The van der Waals surface area contributed by atoms with E-state index in [9.17, 15) is 4.57 Å². The first kappa shape index (κ1) is 13.8. The van der Waals surface area contributed by atoms with Gasteiger partial charge in [0.2, 0.25) is 0 Å². The third-order valence-corrected chi connectivity index (χ3v) is 3.13. The molecular weight excluding hydrogens is 195 g/mol. The molecule has 2 nitrogen and oxygen atoms in total. The fourth-order valence-corrected chi connectivity index (χ4v) is 1.72. The van der Waals surface area contributed by atoms with E-state index in [1.165, 1.54) is 0 Å². The van der Waals surface area contributed by atoms with Gasteiger partial charge in [0, 0.05) is 6.42 Å². The van der Waals surface area contributed by atoms with Crippen molar-refractivity contribution in [2.24, 2.45) is 5.92 Å². The lowest BCUT2D eigenvalue weighted by molar-refractivity contribution is 0.323. The summed E-state index contributed by atoms with van der Waals surface area (Å²) in [7, 11) is -1.63. The minimum Gasteiger partial charge on any atom is -0.142 e. The van der Waals surface area contributed by atoms with Crippen molar-refractivity contribution in [3.05, 3.63) is 11.9 Å². The zero-order valence-electron chi connectivity index (χ0n) is 9.58. The highest BCUT2D eigenvalue weighted by Gasteiger charge is 2.22. The SMILES string of the molecule is C=C(CCC(C)C)[P+](=O)OCCCC. The van der Waals surface area contributed by atoms with Gasteiger partial charge in [0.05, 0.1) is 0 Å². The maximum absolute atomic E-state index is 11.5. The third-order valence-electron chi connectivity index (χ3n) is 1.97. The molecule has 0 aliphatic carbocycles. The van der Waals surface area contributed by atoms with Crippen LogP contribution >= 0.6 is 8.03 Å². The molecule has 14 heavy (non-hydrogen) atoms. The van der Waals surface area contributed by atoms with E-state index in [1.54, 1.807) is 0 Å². The first-order chi connectivity index (χ1) is 6.57. The monoisotopic (exact) mass is 217 g/mol.